The summed E-state index contributed by atoms with van der Waals surface area (Å²) in [7, 11) is 1.95. The number of nitrogens with zero attached hydrogens (tertiary/aromatic N) is 2. The summed E-state index contributed by atoms with van der Waals surface area (Å²) < 4.78 is 14.0. The van der Waals surface area contributed by atoms with E-state index in [1.165, 1.54) is 0 Å². The number of hydrogen-bond donors (Lipinski definition) is 0. The summed E-state index contributed by atoms with van der Waals surface area (Å²) in [5.74, 6) is 0. The lowest BCUT2D eigenvalue weighted by Gasteiger charge is -2.10. The first kappa shape index (κ1) is 12.1. The van der Waals surface area contributed by atoms with Crippen LogP contribution in [0.4, 0.5) is 0 Å². The number of aryl methyl sites for hydroxylation is 2. The highest BCUT2D eigenvalue weighted by molar-refractivity contribution is 9.10. The molecule has 1 aliphatic heterocycles. The van der Waals surface area contributed by atoms with Crippen molar-refractivity contribution in [2.45, 2.75) is 32.5 Å². The maximum absolute atomic E-state index is 5.79. The molecule has 1 unspecified atom stereocenters. The quantitative estimate of drug-likeness (QED) is 0.851. The molecule has 0 bridgehead atoms. The molecule has 2 rings (SSSR count). The summed E-state index contributed by atoms with van der Waals surface area (Å²) in [5.41, 5.74) is 2.19. The van der Waals surface area contributed by atoms with Crippen LogP contribution in [0.1, 0.15) is 24.7 Å². The van der Waals surface area contributed by atoms with Crippen LogP contribution in [0, 0.1) is 0 Å². The Morgan fingerprint density at radius 1 is 1.62 bits per heavy atom. The minimum atomic E-state index is 0.242. The Morgan fingerprint density at radius 2 is 2.44 bits per heavy atom. The second kappa shape index (κ2) is 5.29. The van der Waals surface area contributed by atoms with Crippen LogP contribution in [-0.2, 0) is 29.5 Å². The van der Waals surface area contributed by atoms with Crippen LogP contribution < -0.4 is 0 Å². The van der Waals surface area contributed by atoms with Gasteiger partial charge in [-0.15, -0.1) is 0 Å². The lowest BCUT2D eigenvalue weighted by molar-refractivity contribution is 0.0284. The monoisotopic (exact) mass is 288 g/mol. The molecule has 90 valence electrons. The number of ether oxygens (including phenoxy) is 2. The fourth-order valence-corrected chi connectivity index (χ4v) is 2.55. The summed E-state index contributed by atoms with van der Waals surface area (Å²) in [6.07, 6.45) is 2.17. The topological polar surface area (TPSA) is 36.3 Å². The summed E-state index contributed by atoms with van der Waals surface area (Å²) in [5, 5.41) is 4.43. The summed E-state index contributed by atoms with van der Waals surface area (Å²) in [6, 6.07) is 0. The Hall–Kier alpha value is -0.390. The van der Waals surface area contributed by atoms with Gasteiger partial charge in [-0.05, 0) is 28.8 Å². The SMILES string of the molecule is CCc1nn(C)c(COC2CCOC2)c1Br. The van der Waals surface area contributed by atoms with Crippen LogP contribution in [0.3, 0.4) is 0 Å². The molecule has 0 radical (unpaired) electrons. The van der Waals surface area contributed by atoms with Gasteiger partial charge in [0.15, 0.2) is 0 Å². The van der Waals surface area contributed by atoms with Crippen molar-refractivity contribution in [3.8, 4) is 0 Å². The third-order valence-corrected chi connectivity index (χ3v) is 3.76. The molecule has 5 heteroatoms. The Morgan fingerprint density at radius 3 is 3.00 bits per heavy atom. The first-order valence-corrected chi connectivity index (χ1v) is 6.41. The Bertz CT molecular complexity index is 359. The van der Waals surface area contributed by atoms with Crippen LogP contribution in [0.5, 0.6) is 0 Å². The molecule has 1 aromatic rings. The van der Waals surface area contributed by atoms with Gasteiger partial charge in [-0.3, -0.25) is 4.68 Å². The molecule has 4 nitrogen and oxygen atoms in total. The molecule has 2 heterocycles. The van der Waals surface area contributed by atoms with E-state index < -0.39 is 0 Å². The van der Waals surface area contributed by atoms with Gasteiger partial charge in [-0.25, -0.2) is 0 Å². The summed E-state index contributed by atoms with van der Waals surface area (Å²) in [4.78, 5) is 0. The molecule has 1 aromatic heterocycles. The predicted molar refractivity (Wildman–Crippen MR) is 64.3 cm³/mol. The lowest BCUT2D eigenvalue weighted by Crippen LogP contribution is -2.13. The zero-order valence-corrected chi connectivity index (χ0v) is 11.3. The average molecular weight is 289 g/mol. The number of halogens is 1. The molecule has 0 saturated carbocycles. The van der Waals surface area contributed by atoms with Crippen molar-refractivity contribution in [2.24, 2.45) is 7.05 Å². The van der Waals surface area contributed by atoms with Gasteiger partial charge in [0, 0.05) is 13.7 Å². The van der Waals surface area contributed by atoms with Gasteiger partial charge in [0.2, 0.25) is 0 Å². The highest BCUT2D eigenvalue weighted by atomic mass is 79.9. The molecule has 0 N–H and O–H groups in total. The van der Waals surface area contributed by atoms with E-state index in [0.717, 1.165) is 41.9 Å². The molecule has 0 aliphatic carbocycles. The van der Waals surface area contributed by atoms with Gasteiger partial charge >= 0.3 is 0 Å². The van der Waals surface area contributed by atoms with Crippen LogP contribution >= 0.6 is 15.9 Å². The van der Waals surface area contributed by atoms with Crippen molar-refractivity contribution < 1.29 is 9.47 Å². The van der Waals surface area contributed by atoms with E-state index in [9.17, 15) is 0 Å². The predicted octanol–water partition coefficient (Wildman–Crippen LogP) is 2.05. The number of hydrogen-bond acceptors (Lipinski definition) is 3. The zero-order chi connectivity index (χ0) is 11.5. The fourth-order valence-electron chi connectivity index (χ4n) is 1.82. The number of aromatic nitrogens is 2. The van der Waals surface area contributed by atoms with E-state index in [1.807, 2.05) is 11.7 Å². The minimum Gasteiger partial charge on any atom is -0.379 e. The minimum absolute atomic E-state index is 0.242. The number of rotatable bonds is 4. The van der Waals surface area contributed by atoms with Crippen molar-refractivity contribution in [2.75, 3.05) is 13.2 Å². The first-order valence-electron chi connectivity index (χ1n) is 5.62. The third kappa shape index (κ3) is 2.47. The summed E-state index contributed by atoms with van der Waals surface area (Å²) >= 11 is 3.58. The zero-order valence-electron chi connectivity index (χ0n) is 9.70. The van der Waals surface area contributed by atoms with Crippen molar-refractivity contribution in [1.29, 1.82) is 0 Å². The Balaban J connectivity index is 2.00. The molecular weight excluding hydrogens is 272 g/mol. The normalized spacial score (nSPS) is 20.6. The van der Waals surface area contributed by atoms with Crippen LogP contribution in [0.2, 0.25) is 0 Å². The maximum atomic E-state index is 5.79. The molecule has 16 heavy (non-hydrogen) atoms. The van der Waals surface area contributed by atoms with Crippen molar-refractivity contribution in [3.05, 3.63) is 15.9 Å². The molecule has 1 fully saturated rings. The van der Waals surface area contributed by atoms with E-state index in [-0.39, 0.29) is 6.10 Å². The van der Waals surface area contributed by atoms with Gasteiger partial charge in [-0.1, -0.05) is 6.92 Å². The van der Waals surface area contributed by atoms with Gasteiger partial charge in [0.05, 0.1) is 35.2 Å². The molecule has 1 saturated heterocycles. The van der Waals surface area contributed by atoms with E-state index >= 15 is 0 Å². The first-order chi connectivity index (χ1) is 7.72. The van der Waals surface area contributed by atoms with Gasteiger partial charge in [0.25, 0.3) is 0 Å². The van der Waals surface area contributed by atoms with E-state index in [4.69, 9.17) is 9.47 Å². The van der Waals surface area contributed by atoms with Crippen LogP contribution in [0.25, 0.3) is 0 Å². The standard InChI is InChI=1S/C11H17BrN2O2/c1-3-9-11(12)10(14(2)13-9)7-16-8-4-5-15-6-8/h8H,3-7H2,1-2H3. The molecule has 0 spiro atoms. The molecule has 0 aromatic carbocycles. The van der Waals surface area contributed by atoms with Crippen molar-refractivity contribution in [1.82, 2.24) is 9.78 Å². The highest BCUT2D eigenvalue weighted by Gasteiger charge is 2.18. The second-order valence-corrected chi connectivity index (χ2v) is 4.77. The average Bonchev–Trinajstić information content (AvgIpc) is 2.86. The maximum Gasteiger partial charge on any atom is 0.0901 e. The molecule has 1 atom stereocenters. The lowest BCUT2D eigenvalue weighted by atomic mass is 10.3. The molecule has 0 amide bonds. The van der Waals surface area contributed by atoms with E-state index in [0.29, 0.717) is 6.61 Å². The third-order valence-electron chi connectivity index (χ3n) is 2.85. The van der Waals surface area contributed by atoms with Crippen molar-refractivity contribution in [3.63, 3.8) is 0 Å². The van der Waals surface area contributed by atoms with Crippen molar-refractivity contribution >= 4 is 15.9 Å². The van der Waals surface area contributed by atoms with Gasteiger partial charge in [0.1, 0.15) is 0 Å². The fraction of sp³-hybridized carbons (Fsp3) is 0.727. The van der Waals surface area contributed by atoms with Gasteiger partial charge < -0.3 is 9.47 Å². The highest BCUT2D eigenvalue weighted by Crippen LogP contribution is 2.23. The largest absolute Gasteiger partial charge is 0.379 e. The van der Waals surface area contributed by atoms with E-state index in [1.54, 1.807) is 0 Å². The van der Waals surface area contributed by atoms with Crippen LogP contribution in [-0.4, -0.2) is 29.1 Å². The van der Waals surface area contributed by atoms with Gasteiger partial charge in [-0.2, -0.15) is 5.10 Å². The Labute approximate surface area is 104 Å². The molecular formula is C11H17BrN2O2. The second-order valence-electron chi connectivity index (χ2n) is 3.98. The van der Waals surface area contributed by atoms with E-state index in [2.05, 4.69) is 28.0 Å². The smallest absolute Gasteiger partial charge is 0.0901 e. The Kier molecular flexibility index (Phi) is 4.00. The van der Waals surface area contributed by atoms with Crippen LogP contribution in [0.15, 0.2) is 4.47 Å². The molecule has 1 aliphatic rings. The summed E-state index contributed by atoms with van der Waals surface area (Å²) in [6.45, 7) is 4.23.